The first-order valence-corrected chi connectivity index (χ1v) is 11.1. The summed E-state index contributed by atoms with van der Waals surface area (Å²) in [5, 5.41) is 12.0. The third-order valence-corrected chi connectivity index (χ3v) is 6.41. The van der Waals surface area contributed by atoms with Gasteiger partial charge < -0.3 is 15.0 Å². The maximum Gasteiger partial charge on any atom is 0.411 e. The molecule has 1 aromatic heterocycles. The number of fused-ring (bicyclic) bond motifs is 1. The van der Waals surface area contributed by atoms with Gasteiger partial charge in [-0.2, -0.15) is 5.26 Å². The lowest BCUT2D eigenvalue weighted by atomic mass is 9.79. The first kappa shape index (κ1) is 21.5. The van der Waals surface area contributed by atoms with Crippen LogP contribution in [0.2, 0.25) is 0 Å². The number of hydrogen-bond donors (Lipinski definition) is 1. The van der Waals surface area contributed by atoms with Gasteiger partial charge in [0.05, 0.1) is 0 Å². The summed E-state index contributed by atoms with van der Waals surface area (Å²) in [5.41, 5.74) is 1.80. The third-order valence-electron chi connectivity index (χ3n) is 6.41. The molecular formula is C26H23N5O3. The van der Waals surface area contributed by atoms with Crippen LogP contribution < -0.4 is 5.32 Å². The molecule has 5 rings (SSSR count). The van der Waals surface area contributed by atoms with Gasteiger partial charge in [-0.15, -0.1) is 0 Å². The molecule has 0 bridgehead atoms. The molecule has 0 saturated carbocycles. The van der Waals surface area contributed by atoms with Gasteiger partial charge in [0.15, 0.2) is 5.60 Å². The average Bonchev–Trinajstić information content (AvgIpc) is 3.21. The number of benzene rings is 2. The predicted molar refractivity (Wildman–Crippen MR) is 123 cm³/mol. The number of aromatic nitrogens is 1. The number of ether oxygens (including phenoxy) is 1. The SMILES string of the molecule is N#Cc1cc(CNC(=O)N2CCN3C(=O)OC(c4ccccc4)(c4ccccc4)C3C2)ccn1. The number of urea groups is 1. The Labute approximate surface area is 197 Å². The van der Waals surface area contributed by atoms with Gasteiger partial charge in [-0.25, -0.2) is 14.6 Å². The van der Waals surface area contributed by atoms with E-state index in [4.69, 9.17) is 10.00 Å². The van der Waals surface area contributed by atoms with Crippen LogP contribution in [0.4, 0.5) is 9.59 Å². The standard InChI is InChI=1S/C26H23N5O3/c27-16-22-15-19(11-12-28-22)17-29-24(32)30-13-14-31-23(18-30)26(34-25(31)33,20-7-3-1-4-8-20)21-9-5-2-6-10-21/h1-12,15,23H,13-14,17-18H2,(H,29,32). The van der Waals surface area contributed by atoms with E-state index in [1.54, 1.807) is 28.1 Å². The van der Waals surface area contributed by atoms with Gasteiger partial charge in [-0.05, 0) is 17.7 Å². The zero-order chi connectivity index (χ0) is 23.5. The molecule has 170 valence electrons. The van der Waals surface area contributed by atoms with Crippen molar-refractivity contribution in [2.24, 2.45) is 0 Å². The normalized spacial score (nSPS) is 18.6. The fraction of sp³-hybridized carbons (Fsp3) is 0.231. The minimum Gasteiger partial charge on any atom is -0.431 e. The van der Waals surface area contributed by atoms with Crippen molar-refractivity contribution in [3.05, 3.63) is 101 Å². The number of rotatable bonds is 4. The van der Waals surface area contributed by atoms with Crippen LogP contribution in [0, 0.1) is 11.3 Å². The van der Waals surface area contributed by atoms with Gasteiger partial charge in [0.25, 0.3) is 0 Å². The highest BCUT2D eigenvalue weighted by atomic mass is 16.6. The second-order valence-electron chi connectivity index (χ2n) is 8.31. The molecule has 0 radical (unpaired) electrons. The quantitative estimate of drug-likeness (QED) is 0.654. The largest absolute Gasteiger partial charge is 0.431 e. The molecule has 1 N–H and O–H groups in total. The topological polar surface area (TPSA) is 98.6 Å². The van der Waals surface area contributed by atoms with Crippen LogP contribution in [-0.4, -0.2) is 52.6 Å². The number of carbonyl (C=O) groups is 2. The van der Waals surface area contributed by atoms with E-state index in [1.165, 1.54) is 0 Å². The number of amides is 3. The highest BCUT2D eigenvalue weighted by Crippen LogP contribution is 2.45. The molecule has 34 heavy (non-hydrogen) atoms. The number of piperazine rings is 1. The first-order valence-electron chi connectivity index (χ1n) is 11.1. The summed E-state index contributed by atoms with van der Waals surface area (Å²) in [6, 6.07) is 24.2. The Balaban J connectivity index is 1.42. The first-order chi connectivity index (χ1) is 16.6. The van der Waals surface area contributed by atoms with E-state index in [1.807, 2.05) is 66.7 Å². The van der Waals surface area contributed by atoms with E-state index < -0.39 is 5.60 Å². The van der Waals surface area contributed by atoms with Crippen molar-refractivity contribution in [3.63, 3.8) is 0 Å². The maximum absolute atomic E-state index is 13.1. The molecule has 1 unspecified atom stereocenters. The molecule has 2 aromatic carbocycles. The molecule has 8 heteroatoms. The summed E-state index contributed by atoms with van der Waals surface area (Å²) in [7, 11) is 0. The number of nitrogens with one attached hydrogen (secondary N) is 1. The number of cyclic esters (lactones) is 1. The molecule has 2 saturated heterocycles. The smallest absolute Gasteiger partial charge is 0.411 e. The lowest BCUT2D eigenvalue weighted by Gasteiger charge is -2.42. The van der Waals surface area contributed by atoms with Crippen molar-refractivity contribution in [1.29, 1.82) is 5.26 Å². The molecule has 8 nitrogen and oxygen atoms in total. The van der Waals surface area contributed by atoms with Crippen LogP contribution in [0.15, 0.2) is 79.0 Å². The Morgan fingerprint density at radius 3 is 2.41 bits per heavy atom. The van der Waals surface area contributed by atoms with E-state index in [9.17, 15) is 9.59 Å². The molecule has 3 amide bonds. The molecule has 2 aliphatic heterocycles. The zero-order valence-corrected chi connectivity index (χ0v) is 18.4. The Morgan fingerprint density at radius 1 is 1.09 bits per heavy atom. The Morgan fingerprint density at radius 2 is 1.76 bits per heavy atom. The Hall–Kier alpha value is -4.38. The maximum atomic E-state index is 13.1. The summed E-state index contributed by atoms with van der Waals surface area (Å²) in [6.07, 6.45) is 1.17. The molecule has 1 atom stereocenters. The number of nitrogens with zero attached hydrogens (tertiary/aromatic N) is 4. The second-order valence-corrected chi connectivity index (χ2v) is 8.31. The number of hydrogen-bond acceptors (Lipinski definition) is 5. The van der Waals surface area contributed by atoms with E-state index in [-0.39, 0.29) is 24.7 Å². The number of nitriles is 1. The summed E-state index contributed by atoms with van der Waals surface area (Å²) in [5.74, 6) is 0. The Kier molecular flexibility index (Phi) is 5.60. The van der Waals surface area contributed by atoms with E-state index in [0.29, 0.717) is 25.3 Å². The fourth-order valence-corrected chi connectivity index (χ4v) is 4.77. The lowest BCUT2D eigenvalue weighted by molar-refractivity contribution is 0.0511. The van der Waals surface area contributed by atoms with E-state index in [0.717, 1.165) is 16.7 Å². The minimum atomic E-state index is -1.02. The Bertz CT molecular complexity index is 1200. The molecule has 2 aliphatic rings. The highest BCUT2D eigenvalue weighted by Gasteiger charge is 2.58. The number of pyridine rings is 1. The van der Waals surface area contributed by atoms with Gasteiger partial charge in [0.2, 0.25) is 0 Å². The van der Waals surface area contributed by atoms with E-state index in [2.05, 4.69) is 10.3 Å². The number of carbonyl (C=O) groups excluding carboxylic acids is 2. The van der Waals surface area contributed by atoms with Crippen molar-refractivity contribution < 1.29 is 14.3 Å². The molecular weight excluding hydrogens is 430 g/mol. The van der Waals surface area contributed by atoms with Crippen molar-refractivity contribution >= 4 is 12.1 Å². The van der Waals surface area contributed by atoms with Crippen LogP contribution in [0.5, 0.6) is 0 Å². The van der Waals surface area contributed by atoms with Crippen molar-refractivity contribution in [2.75, 3.05) is 19.6 Å². The summed E-state index contributed by atoms with van der Waals surface area (Å²) >= 11 is 0. The molecule has 0 spiro atoms. The van der Waals surface area contributed by atoms with Crippen molar-refractivity contribution in [3.8, 4) is 6.07 Å². The van der Waals surface area contributed by atoms with Gasteiger partial charge in [-0.1, -0.05) is 60.7 Å². The van der Waals surface area contributed by atoms with Gasteiger partial charge in [0.1, 0.15) is 17.8 Å². The fourth-order valence-electron chi connectivity index (χ4n) is 4.77. The van der Waals surface area contributed by atoms with Crippen LogP contribution in [0.25, 0.3) is 0 Å². The van der Waals surface area contributed by atoms with Crippen LogP contribution in [0.3, 0.4) is 0 Å². The minimum absolute atomic E-state index is 0.232. The molecule has 0 aliphatic carbocycles. The third kappa shape index (κ3) is 3.71. The van der Waals surface area contributed by atoms with Gasteiger partial charge in [0, 0.05) is 43.5 Å². The predicted octanol–water partition coefficient (Wildman–Crippen LogP) is 3.24. The highest BCUT2D eigenvalue weighted by molar-refractivity contribution is 5.77. The van der Waals surface area contributed by atoms with Crippen LogP contribution >= 0.6 is 0 Å². The molecule has 2 fully saturated rings. The van der Waals surface area contributed by atoms with Crippen molar-refractivity contribution in [1.82, 2.24) is 20.1 Å². The van der Waals surface area contributed by atoms with E-state index >= 15 is 0 Å². The van der Waals surface area contributed by atoms with Gasteiger partial charge >= 0.3 is 12.1 Å². The van der Waals surface area contributed by atoms with Crippen LogP contribution in [-0.2, 0) is 16.9 Å². The van der Waals surface area contributed by atoms with Crippen molar-refractivity contribution in [2.45, 2.75) is 18.2 Å². The second kappa shape index (κ2) is 8.87. The summed E-state index contributed by atoms with van der Waals surface area (Å²) < 4.78 is 6.14. The molecule has 3 aromatic rings. The summed E-state index contributed by atoms with van der Waals surface area (Å²) in [6.45, 7) is 1.38. The molecule has 3 heterocycles. The lowest BCUT2D eigenvalue weighted by Crippen LogP contribution is -2.59. The zero-order valence-electron chi connectivity index (χ0n) is 18.4. The van der Waals surface area contributed by atoms with Gasteiger partial charge in [-0.3, -0.25) is 4.90 Å². The average molecular weight is 454 g/mol. The van der Waals surface area contributed by atoms with Crippen LogP contribution in [0.1, 0.15) is 22.4 Å². The summed E-state index contributed by atoms with van der Waals surface area (Å²) in [4.78, 5) is 33.4. The monoisotopic (exact) mass is 453 g/mol.